The molecule has 0 aliphatic carbocycles. The number of rotatable bonds is 3. The summed E-state index contributed by atoms with van der Waals surface area (Å²) in [4.78, 5) is 18.5. The minimum absolute atomic E-state index is 0. The summed E-state index contributed by atoms with van der Waals surface area (Å²) in [5, 5.41) is 34.5. The molecule has 0 bridgehead atoms. The van der Waals surface area contributed by atoms with Crippen molar-refractivity contribution < 1.29 is 30.0 Å². The van der Waals surface area contributed by atoms with Crippen LogP contribution in [0.1, 0.15) is 33.6 Å². The minimum atomic E-state index is -0.995. The van der Waals surface area contributed by atoms with Gasteiger partial charge in [0.15, 0.2) is 0 Å². The van der Waals surface area contributed by atoms with Crippen molar-refractivity contribution in [3.8, 4) is 0 Å². The van der Waals surface area contributed by atoms with Gasteiger partial charge >= 0.3 is 0 Å². The number of aliphatic hydroxyl groups is 2. The van der Waals surface area contributed by atoms with Gasteiger partial charge in [-0.15, -0.1) is 0 Å². The zero-order valence-corrected chi connectivity index (χ0v) is 11.2. The largest absolute Gasteiger partial charge is 0.550 e. The lowest BCUT2D eigenvalue weighted by Gasteiger charge is -1.90. The highest BCUT2D eigenvalue weighted by molar-refractivity contribution is 5.63. The number of carboxylic acids is 2. The van der Waals surface area contributed by atoms with E-state index in [0.29, 0.717) is 0 Å². The molecule has 0 amide bonds. The van der Waals surface area contributed by atoms with E-state index in [2.05, 4.69) is 0 Å². The molecule has 0 aromatic heterocycles. The summed E-state index contributed by atoms with van der Waals surface area (Å²) in [5.74, 6) is -1.99. The Bertz CT molecular complexity index is 150. The molecule has 108 valence electrons. The third kappa shape index (κ3) is 106. The van der Waals surface area contributed by atoms with Crippen LogP contribution in [0.25, 0.3) is 0 Å². The lowest BCUT2D eigenvalue weighted by molar-refractivity contribution is -0.306. The highest BCUT2D eigenvalue weighted by Crippen LogP contribution is 1.68. The first-order valence-corrected chi connectivity index (χ1v) is 4.50. The van der Waals surface area contributed by atoms with Gasteiger partial charge in [0, 0.05) is 11.9 Å². The van der Waals surface area contributed by atoms with Crippen LogP contribution in [0.15, 0.2) is 0 Å². The summed E-state index contributed by atoms with van der Waals surface area (Å²) in [6.45, 7) is 4.46. The van der Waals surface area contributed by atoms with Crippen molar-refractivity contribution >= 4 is 11.9 Å². The molecular weight excluding hydrogens is 232 g/mol. The number of carbonyl (C=O) groups excluding carboxylic acids is 2. The van der Waals surface area contributed by atoms with Crippen LogP contribution in [0.2, 0.25) is 0 Å². The van der Waals surface area contributed by atoms with E-state index in [1.165, 1.54) is 20.8 Å². The van der Waals surface area contributed by atoms with Gasteiger partial charge < -0.3 is 42.3 Å². The molecule has 8 nitrogen and oxygen atoms in total. The van der Waals surface area contributed by atoms with Crippen LogP contribution >= 0.6 is 0 Å². The van der Waals surface area contributed by atoms with Gasteiger partial charge in [-0.3, -0.25) is 0 Å². The second-order valence-corrected chi connectivity index (χ2v) is 2.48. The Kier molecular flexibility index (Phi) is 42.1. The van der Waals surface area contributed by atoms with E-state index in [1.807, 2.05) is 0 Å². The third-order valence-corrected chi connectivity index (χ3v) is 0.842. The molecule has 0 radical (unpaired) electrons. The Morgan fingerprint density at radius 2 is 1.18 bits per heavy atom. The molecule has 8 heteroatoms. The zero-order valence-electron chi connectivity index (χ0n) is 11.2. The number of quaternary nitrogens is 2. The second-order valence-electron chi connectivity index (χ2n) is 2.48. The van der Waals surface area contributed by atoms with Gasteiger partial charge in [0.2, 0.25) is 0 Å². The fourth-order valence-electron chi connectivity index (χ4n) is 0. The number of aliphatic hydroxyl groups excluding tert-OH is 2. The highest BCUT2D eigenvalue weighted by atomic mass is 16.4. The molecular formula is C9H26N2O6. The van der Waals surface area contributed by atoms with E-state index in [4.69, 9.17) is 10.2 Å². The van der Waals surface area contributed by atoms with Crippen molar-refractivity contribution in [3.63, 3.8) is 0 Å². The van der Waals surface area contributed by atoms with E-state index in [-0.39, 0.29) is 31.7 Å². The van der Waals surface area contributed by atoms with Crippen LogP contribution in [-0.2, 0) is 9.59 Å². The molecule has 0 saturated heterocycles. The number of carboxylic acid groups (broad SMARTS) is 2. The third-order valence-electron chi connectivity index (χ3n) is 0.842. The SMILES string of the molecule is CC(O)CO.CCC(=O)[O-].CCC(=O)[O-].[NH4+].[NH4+]. The number of aliphatic carboxylic acids is 2. The second kappa shape index (κ2) is 24.2. The first-order valence-electron chi connectivity index (χ1n) is 4.50. The van der Waals surface area contributed by atoms with Crippen molar-refractivity contribution in [1.29, 1.82) is 0 Å². The predicted octanol–water partition coefficient (Wildman–Crippen LogP) is -1.60. The molecule has 0 aliphatic heterocycles. The van der Waals surface area contributed by atoms with Crippen LogP contribution in [0, 0.1) is 0 Å². The first-order chi connectivity index (χ1) is 6.81. The molecule has 0 rings (SSSR count). The fourth-order valence-corrected chi connectivity index (χ4v) is 0. The smallest absolute Gasteiger partial charge is 0.0742 e. The van der Waals surface area contributed by atoms with Crippen molar-refractivity contribution in [2.24, 2.45) is 0 Å². The van der Waals surface area contributed by atoms with E-state index in [1.54, 1.807) is 0 Å². The van der Waals surface area contributed by atoms with E-state index in [0.717, 1.165) is 0 Å². The zero-order chi connectivity index (χ0) is 12.9. The van der Waals surface area contributed by atoms with Crippen molar-refractivity contribution in [1.82, 2.24) is 12.3 Å². The number of hydrogen-bond donors (Lipinski definition) is 4. The topological polar surface area (TPSA) is 194 Å². The maximum Gasteiger partial charge on any atom is 0.0742 e. The quantitative estimate of drug-likeness (QED) is 0.470. The standard InChI is InChI=1S/C3H8O2.2C3H6O2.2H3N/c1-3(5)2-4;2*1-2-3(4)5;;/h3-5H,2H2,1H3;2*2H2,1H3,(H,4,5);2*1H3. The van der Waals surface area contributed by atoms with Crippen LogP contribution < -0.4 is 22.5 Å². The Morgan fingerprint density at radius 1 is 1.06 bits per heavy atom. The van der Waals surface area contributed by atoms with Gasteiger partial charge in [-0.05, 0) is 19.8 Å². The fraction of sp³-hybridized carbons (Fsp3) is 0.778. The van der Waals surface area contributed by atoms with Crippen LogP contribution in [0.3, 0.4) is 0 Å². The van der Waals surface area contributed by atoms with E-state index >= 15 is 0 Å². The Labute approximate surface area is 101 Å². The monoisotopic (exact) mass is 258 g/mol. The van der Waals surface area contributed by atoms with Gasteiger partial charge in [-0.1, -0.05) is 13.8 Å². The maximum atomic E-state index is 9.26. The van der Waals surface area contributed by atoms with Crippen molar-refractivity contribution in [2.75, 3.05) is 6.61 Å². The molecule has 0 aromatic rings. The maximum absolute atomic E-state index is 9.26. The lowest BCUT2D eigenvalue weighted by atomic mass is 10.5. The average Bonchev–Trinajstić information content (AvgIpc) is 2.19. The van der Waals surface area contributed by atoms with Gasteiger partial charge in [0.05, 0.1) is 12.7 Å². The van der Waals surface area contributed by atoms with Crippen molar-refractivity contribution in [2.45, 2.75) is 39.7 Å². The van der Waals surface area contributed by atoms with Gasteiger partial charge in [0.25, 0.3) is 0 Å². The van der Waals surface area contributed by atoms with Gasteiger partial charge in [-0.2, -0.15) is 0 Å². The summed E-state index contributed by atoms with van der Waals surface area (Å²) in [5.41, 5.74) is 0. The van der Waals surface area contributed by atoms with Gasteiger partial charge in [-0.25, -0.2) is 0 Å². The minimum Gasteiger partial charge on any atom is -0.550 e. The summed E-state index contributed by atoms with van der Waals surface area (Å²) >= 11 is 0. The lowest BCUT2D eigenvalue weighted by Crippen LogP contribution is -2.20. The highest BCUT2D eigenvalue weighted by Gasteiger charge is 1.83. The van der Waals surface area contributed by atoms with Crippen molar-refractivity contribution in [3.05, 3.63) is 0 Å². The first kappa shape index (κ1) is 29.7. The average molecular weight is 258 g/mol. The Morgan fingerprint density at radius 3 is 1.18 bits per heavy atom. The summed E-state index contributed by atoms with van der Waals surface area (Å²) in [6.07, 6.45) is -0.338. The molecule has 1 unspecified atom stereocenters. The Hall–Kier alpha value is -1.22. The van der Waals surface area contributed by atoms with Crippen LogP contribution in [0.4, 0.5) is 0 Å². The molecule has 1 atom stereocenters. The molecule has 0 aromatic carbocycles. The number of hydrogen-bond acceptors (Lipinski definition) is 6. The molecule has 10 N–H and O–H groups in total. The molecule has 0 saturated carbocycles. The van der Waals surface area contributed by atoms with Gasteiger partial charge in [0.1, 0.15) is 0 Å². The molecule has 0 aliphatic rings. The summed E-state index contributed by atoms with van der Waals surface area (Å²) in [7, 11) is 0. The Balaban J connectivity index is -0.0000000400. The molecule has 0 heterocycles. The normalized spacial score (nSPS) is 8.76. The van der Waals surface area contributed by atoms with Crippen LogP contribution in [-0.4, -0.2) is 34.9 Å². The molecule has 0 fully saturated rings. The molecule has 17 heavy (non-hydrogen) atoms. The van der Waals surface area contributed by atoms with E-state index in [9.17, 15) is 19.8 Å². The van der Waals surface area contributed by atoms with E-state index < -0.39 is 18.0 Å². The van der Waals surface area contributed by atoms with Crippen LogP contribution in [0.5, 0.6) is 0 Å². The predicted molar refractivity (Wildman–Crippen MR) is 61.3 cm³/mol. The summed E-state index contributed by atoms with van der Waals surface area (Å²) in [6, 6.07) is 0. The molecule has 0 spiro atoms. The summed E-state index contributed by atoms with van der Waals surface area (Å²) < 4.78 is 0. The number of carbonyl (C=O) groups is 2.